The van der Waals surface area contributed by atoms with Crippen LogP contribution in [0.2, 0.25) is 0 Å². The maximum Gasteiger partial charge on any atom is 0.339 e. The Morgan fingerprint density at radius 1 is 1.06 bits per heavy atom. The highest BCUT2D eigenvalue weighted by Gasteiger charge is 2.21. The molecule has 0 atom stereocenters. The quantitative estimate of drug-likeness (QED) is 0.134. The fourth-order valence-corrected chi connectivity index (χ4v) is 4.41. The third kappa shape index (κ3) is 5.58. The molecule has 0 aliphatic carbocycles. The van der Waals surface area contributed by atoms with Crippen LogP contribution in [0.15, 0.2) is 70.6 Å². The van der Waals surface area contributed by atoms with E-state index in [0.717, 1.165) is 5.56 Å². The number of ether oxygens (including phenoxy) is 1. The van der Waals surface area contributed by atoms with E-state index >= 15 is 0 Å². The zero-order valence-corrected chi connectivity index (χ0v) is 19.5. The van der Waals surface area contributed by atoms with Gasteiger partial charge in [0, 0.05) is 18.3 Å². The molecule has 8 nitrogen and oxygen atoms in total. The predicted molar refractivity (Wildman–Crippen MR) is 125 cm³/mol. The molecule has 0 unspecified atom stereocenters. The van der Waals surface area contributed by atoms with Crippen LogP contribution in [0.3, 0.4) is 0 Å². The predicted octanol–water partition coefficient (Wildman–Crippen LogP) is 5.03. The number of methoxy groups -OCH3 is 1. The van der Waals surface area contributed by atoms with E-state index in [4.69, 9.17) is 8.92 Å². The summed E-state index contributed by atoms with van der Waals surface area (Å²) in [5.41, 5.74) is 2.08. The van der Waals surface area contributed by atoms with Crippen molar-refractivity contribution in [2.45, 2.75) is 11.8 Å². The van der Waals surface area contributed by atoms with Crippen LogP contribution in [-0.2, 0) is 10.1 Å². The first-order valence-electron chi connectivity index (χ1n) is 8.87. The van der Waals surface area contributed by atoms with Crippen molar-refractivity contribution in [2.24, 2.45) is 4.99 Å². The summed E-state index contributed by atoms with van der Waals surface area (Å²) in [6, 6.07) is 15.4. The molecule has 0 heterocycles. The van der Waals surface area contributed by atoms with Crippen LogP contribution in [0.5, 0.6) is 11.5 Å². The summed E-state index contributed by atoms with van der Waals surface area (Å²) in [4.78, 5) is 14.6. The van der Waals surface area contributed by atoms with E-state index in [0.29, 0.717) is 14.8 Å². The Bertz CT molecular complexity index is 1240. The average Bonchev–Trinajstić information content (AvgIpc) is 2.74. The highest BCUT2D eigenvalue weighted by atomic mass is 127. The van der Waals surface area contributed by atoms with Crippen LogP contribution >= 0.6 is 22.6 Å². The molecule has 0 saturated heterocycles. The maximum atomic E-state index is 12.6. The number of aliphatic imine (C=N–C) groups is 1. The fourth-order valence-electron chi connectivity index (χ4n) is 2.57. The molecule has 0 fully saturated rings. The minimum Gasteiger partial charge on any atom is -0.493 e. The van der Waals surface area contributed by atoms with Gasteiger partial charge in [0.15, 0.2) is 11.5 Å². The van der Waals surface area contributed by atoms with Crippen LogP contribution in [0.4, 0.5) is 11.4 Å². The average molecular weight is 552 g/mol. The normalized spacial score (nSPS) is 11.5. The first-order chi connectivity index (χ1) is 14.7. The van der Waals surface area contributed by atoms with E-state index < -0.39 is 15.0 Å². The smallest absolute Gasteiger partial charge is 0.339 e. The number of benzene rings is 3. The Kier molecular flexibility index (Phi) is 6.91. The lowest BCUT2D eigenvalue weighted by atomic mass is 10.2. The first kappa shape index (κ1) is 22.7. The highest BCUT2D eigenvalue weighted by Crippen LogP contribution is 2.36. The van der Waals surface area contributed by atoms with E-state index in [2.05, 4.69) is 4.99 Å². The number of non-ortho nitro benzene ring substituents is 1. The van der Waals surface area contributed by atoms with Gasteiger partial charge >= 0.3 is 10.1 Å². The van der Waals surface area contributed by atoms with Gasteiger partial charge in [-0.25, -0.2) is 0 Å². The topological polar surface area (TPSA) is 108 Å². The van der Waals surface area contributed by atoms with Crippen LogP contribution in [0, 0.1) is 20.6 Å². The molecular formula is C21H17IN2O6S. The fraction of sp³-hybridized carbons (Fsp3) is 0.0952. The monoisotopic (exact) mass is 552 g/mol. The number of nitro groups is 1. The van der Waals surface area contributed by atoms with Crippen LogP contribution in [0.25, 0.3) is 0 Å². The van der Waals surface area contributed by atoms with Crippen LogP contribution in [0.1, 0.15) is 11.1 Å². The molecular weight excluding hydrogens is 535 g/mol. The molecule has 0 bridgehead atoms. The molecule has 0 amide bonds. The molecule has 0 aromatic heterocycles. The van der Waals surface area contributed by atoms with Crippen molar-refractivity contribution in [1.29, 1.82) is 0 Å². The molecule has 0 saturated carbocycles. The zero-order chi connectivity index (χ0) is 22.6. The van der Waals surface area contributed by atoms with E-state index in [1.54, 1.807) is 30.5 Å². The van der Waals surface area contributed by atoms with Gasteiger partial charge in [0.2, 0.25) is 0 Å². The second-order valence-electron chi connectivity index (χ2n) is 6.42. The second-order valence-corrected chi connectivity index (χ2v) is 9.12. The summed E-state index contributed by atoms with van der Waals surface area (Å²) in [7, 11) is -2.63. The molecule has 0 spiro atoms. The minimum atomic E-state index is -4.04. The molecule has 160 valence electrons. The first-order valence-corrected chi connectivity index (χ1v) is 11.4. The van der Waals surface area contributed by atoms with Gasteiger partial charge in [0.05, 0.1) is 21.3 Å². The largest absolute Gasteiger partial charge is 0.493 e. The number of rotatable bonds is 7. The van der Waals surface area contributed by atoms with Gasteiger partial charge in [-0.2, -0.15) is 8.42 Å². The Morgan fingerprint density at radius 2 is 1.71 bits per heavy atom. The number of hydrogen-bond donors (Lipinski definition) is 0. The van der Waals surface area contributed by atoms with Gasteiger partial charge in [0.1, 0.15) is 4.90 Å². The minimum absolute atomic E-state index is 0.0218. The molecule has 31 heavy (non-hydrogen) atoms. The van der Waals surface area contributed by atoms with Crippen LogP contribution < -0.4 is 8.92 Å². The van der Waals surface area contributed by atoms with Gasteiger partial charge in [-0.15, -0.1) is 0 Å². The summed E-state index contributed by atoms with van der Waals surface area (Å²) >= 11 is 1.96. The summed E-state index contributed by atoms with van der Waals surface area (Å²) in [5, 5.41) is 10.7. The van der Waals surface area contributed by atoms with Crippen LogP contribution in [-0.4, -0.2) is 26.7 Å². The summed E-state index contributed by atoms with van der Waals surface area (Å²) in [6.07, 6.45) is 1.55. The van der Waals surface area contributed by atoms with E-state index in [-0.39, 0.29) is 22.1 Å². The standard InChI is InChI=1S/C21H17IN2O6S/c1-14-3-9-18(10-4-14)31(27,28)30-21-19(22)11-15(12-20(21)29-2)13-23-16-5-7-17(8-6-16)24(25)26/h3-13H,1-2H3. The van der Waals surface area contributed by atoms with Crippen molar-refractivity contribution in [3.05, 3.63) is 85.5 Å². The van der Waals surface area contributed by atoms with E-state index in [9.17, 15) is 18.5 Å². The maximum absolute atomic E-state index is 12.6. The van der Waals surface area contributed by atoms with Crippen molar-refractivity contribution in [2.75, 3.05) is 7.11 Å². The van der Waals surface area contributed by atoms with E-state index in [1.165, 1.54) is 43.5 Å². The zero-order valence-electron chi connectivity index (χ0n) is 16.5. The molecule has 3 aromatic rings. The molecule has 0 radical (unpaired) electrons. The van der Waals surface area contributed by atoms with Crippen molar-refractivity contribution in [1.82, 2.24) is 0 Å². The Labute approximate surface area is 193 Å². The second kappa shape index (κ2) is 9.43. The highest BCUT2D eigenvalue weighted by molar-refractivity contribution is 14.1. The lowest BCUT2D eigenvalue weighted by Crippen LogP contribution is -2.11. The van der Waals surface area contributed by atoms with Gasteiger partial charge in [-0.05, 0) is 71.5 Å². The Morgan fingerprint density at radius 3 is 2.29 bits per heavy atom. The molecule has 10 heteroatoms. The number of nitrogens with zero attached hydrogens (tertiary/aromatic N) is 2. The van der Waals surface area contributed by atoms with E-state index in [1.807, 2.05) is 29.5 Å². The lowest BCUT2D eigenvalue weighted by Gasteiger charge is -2.13. The van der Waals surface area contributed by atoms with Crippen molar-refractivity contribution in [3.63, 3.8) is 0 Å². The molecule has 3 aromatic carbocycles. The summed E-state index contributed by atoms with van der Waals surface area (Å²) < 4.78 is 36.5. The van der Waals surface area contributed by atoms with Gasteiger partial charge < -0.3 is 8.92 Å². The summed E-state index contributed by atoms with van der Waals surface area (Å²) in [6.45, 7) is 1.86. The molecule has 3 rings (SSSR count). The van der Waals surface area contributed by atoms with Crippen molar-refractivity contribution >= 4 is 50.3 Å². The number of halogens is 1. The van der Waals surface area contributed by atoms with Gasteiger partial charge in [0.25, 0.3) is 5.69 Å². The molecule has 0 N–H and O–H groups in total. The Hall–Kier alpha value is -2.99. The molecule has 0 aliphatic heterocycles. The third-order valence-electron chi connectivity index (χ3n) is 4.18. The summed E-state index contributed by atoms with van der Waals surface area (Å²) in [5.74, 6) is 0.309. The SMILES string of the molecule is COc1cc(C=Nc2ccc([N+](=O)[O-])cc2)cc(I)c1OS(=O)(=O)c1ccc(C)cc1. The third-order valence-corrected chi connectivity index (χ3v) is 6.21. The Balaban J connectivity index is 1.87. The van der Waals surface area contributed by atoms with Crippen molar-refractivity contribution in [3.8, 4) is 11.5 Å². The number of nitro benzene ring substituents is 1. The van der Waals surface area contributed by atoms with Gasteiger partial charge in [-0.3, -0.25) is 15.1 Å². The lowest BCUT2D eigenvalue weighted by molar-refractivity contribution is -0.384. The molecule has 0 aliphatic rings. The number of aryl methyl sites for hydroxylation is 1. The number of hydrogen-bond acceptors (Lipinski definition) is 7. The van der Waals surface area contributed by atoms with Crippen molar-refractivity contribution < 1.29 is 22.3 Å². The van der Waals surface area contributed by atoms with Gasteiger partial charge in [-0.1, -0.05) is 17.7 Å².